The van der Waals surface area contributed by atoms with Gasteiger partial charge in [-0.1, -0.05) is 12.1 Å². The Bertz CT molecular complexity index is 767. The molecule has 1 aromatic carbocycles. The number of amides is 2. The summed E-state index contributed by atoms with van der Waals surface area (Å²) in [5.41, 5.74) is -0.288. The molecule has 8 nitrogen and oxygen atoms in total. The van der Waals surface area contributed by atoms with Crippen LogP contribution in [0.2, 0.25) is 0 Å². The summed E-state index contributed by atoms with van der Waals surface area (Å²) in [6, 6.07) is 7.26. The fraction of sp³-hybridized carbons (Fsp3) is 0.421. The summed E-state index contributed by atoms with van der Waals surface area (Å²) in [6.45, 7) is 5.63. The van der Waals surface area contributed by atoms with E-state index in [1.165, 1.54) is 4.90 Å². The molecule has 0 aromatic heterocycles. The summed E-state index contributed by atoms with van der Waals surface area (Å²) < 4.78 is 5.40. The highest BCUT2D eigenvalue weighted by atomic mass is 16.5. The van der Waals surface area contributed by atoms with Gasteiger partial charge in [0.1, 0.15) is 23.6 Å². The van der Waals surface area contributed by atoms with Crippen LogP contribution in [-0.4, -0.2) is 51.6 Å². The Morgan fingerprint density at radius 2 is 1.89 bits per heavy atom. The second-order valence-corrected chi connectivity index (χ2v) is 6.86. The molecule has 1 aliphatic rings. The molecule has 1 aliphatic heterocycles. The number of aliphatic hydroxyl groups is 1. The van der Waals surface area contributed by atoms with E-state index < -0.39 is 35.4 Å². The van der Waals surface area contributed by atoms with E-state index in [4.69, 9.17) is 9.84 Å². The Hall–Kier alpha value is -3.03. The van der Waals surface area contributed by atoms with Gasteiger partial charge in [-0.15, -0.1) is 0 Å². The first-order chi connectivity index (χ1) is 12.7. The Kier molecular flexibility index (Phi) is 6.09. The highest BCUT2D eigenvalue weighted by molar-refractivity contribution is 6.19. The molecule has 0 saturated heterocycles. The lowest BCUT2D eigenvalue weighted by molar-refractivity contribution is -0.140. The number of carboxylic acids is 1. The van der Waals surface area contributed by atoms with Crippen molar-refractivity contribution >= 4 is 17.8 Å². The smallest absolute Gasteiger partial charge is 0.322 e. The Labute approximate surface area is 157 Å². The first-order valence-corrected chi connectivity index (χ1v) is 8.61. The Morgan fingerprint density at radius 3 is 2.44 bits per heavy atom. The second-order valence-electron chi connectivity index (χ2n) is 6.86. The van der Waals surface area contributed by atoms with Crippen molar-refractivity contribution in [2.24, 2.45) is 0 Å². The third kappa shape index (κ3) is 4.78. The van der Waals surface area contributed by atoms with Crippen LogP contribution in [0.15, 0.2) is 35.6 Å². The molecule has 0 spiro atoms. The molecule has 0 aliphatic carbocycles. The van der Waals surface area contributed by atoms with E-state index in [1.54, 1.807) is 26.0 Å². The molecule has 2 rings (SSSR count). The molecule has 0 fully saturated rings. The van der Waals surface area contributed by atoms with Crippen LogP contribution >= 0.6 is 0 Å². The number of benzene rings is 1. The van der Waals surface area contributed by atoms with Crippen molar-refractivity contribution in [1.82, 2.24) is 10.2 Å². The molecule has 0 bridgehead atoms. The molecule has 0 atom stereocenters. The number of rotatable bonds is 7. The molecule has 27 heavy (non-hydrogen) atoms. The van der Waals surface area contributed by atoms with E-state index in [9.17, 15) is 19.5 Å². The molecule has 3 N–H and O–H groups in total. The molecule has 146 valence electrons. The lowest BCUT2D eigenvalue weighted by atomic mass is 9.88. The number of carbonyl (C=O) groups is 3. The van der Waals surface area contributed by atoms with Crippen LogP contribution in [0.3, 0.4) is 0 Å². The van der Waals surface area contributed by atoms with Gasteiger partial charge in [0.25, 0.3) is 11.8 Å². The fourth-order valence-corrected chi connectivity index (χ4v) is 2.93. The number of carbonyl (C=O) groups excluding carboxylic acids is 2. The van der Waals surface area contributed by atoms with Crippen molar-refractivity contribution < 1.29 is 29.3 Å². The van der Waals surface area contributed by atoms with Gasteiger partial charge in [-0.3, -0.25) is 14.4 Å². The Balaban J connectivity index is 2.23. The van der Waals surface area contributed by atoms with Crippen LogP contribution < -0.4 is 10.1 Å². The minimum absolute atomic E-state index is 0.0889. The maximum absolute atomic E-state index is 12.9. The van der Waals surface area contributed by atoms with E-state index in [0.29, 0.717) is 6.61 Å². The maximum atomic E-state index is 12.9. The molecule has 8 heteroatoms. The van der Waals surface area contributed by atoms with Crippen molar-refractivity contribution in [2.45, 2.75) is 39.3 Å². The predicted molar refractivity (Wildman–Crippen MR) is 97.2 cm³/mol. The normalized spacial score (nSPS) is 16.3. The van der Waals surface area contributed by atoms with Gasteiger partial charge in [-0.25, -0.2) is 0 Å². The van der Waals surface area contributed by atoms with E-state index in [-0.39, 0.29) is 18.7 Å². The van der Waals surface area contributed by atoms with Crippen molar-refractivity contribution in [2.75, 3.05) is 13.2 Å². The summed E-state index contributed by atoms with van der Waals surface area (Å²) in [7, 11) is 0. The second kappa shape index (κ2) is 8.11. The van der Waals surface area contributed by atoms with E-state index in [2.05, 4.69) is 5.32 Å². The minimum atomic E-state index is -1.24. The van der Waals surface area contributed by atoms with E-state index in [1.807, 2.05) is 19.1 Å². The zero-order valence-electron chi connectivity index (χ0n) is 15.6. The van der Waals surface area contributed by atoms with Crippen molar-refractivity contribution in [3.63, 3.8) is 0 Å². The van der Waals surface area contributed by atoms with Gasteiger partial charge in [-0.2, -0.15) is 0 Å². The average molecular weight is 376 g/mol. The summed E-state index contributed by atoms with van der Waals surface area (Å²) in [4.78, 5) is 37.2. The quantitative estimate of drug-likeness (QED) is 0.623. The topological polar surface area (TPSA) is 116 Å². The standard InChI is InChI=1S/C19H24N2O6/c1-4-27-13-7-5-12(6-8-13)11-21-18(26)16(14(22)9-19(21,2)3)17(25)20-10-15(23)24/h5-8,22H,4,9-11H2,1-3H3,(H,20,25)(H,23,24). The number of aliphatic carboxylic acids is 1. The number of aliphatic hydroxyl groups excluding tert-OH is 1. The van der Waals surface area contributed by atoms with Crippen LogP contribution in [0, 0.1) is 0 Å². The van der Waals surface area contributed by atoms with E-state index >= 15 is 0 Å². The fourth-order valence-electron chi connectivity index (χ4n) is 2.93. The predicted octanol–water partition coefficient (Wildman–Crippen LogP) is 1.61. The van der Waals surface area contributed by atoms with Crippen LogP contribution in [-0.2, 0) is 20.9 Å². The summed E-state index contributed by atoms with van der Waals surface area (Å²) in [5.74, 6) is -2.39. The molecular weight excluding hydrogens is 352 g/mol. The van der Waals surface area contributed by atoms with Gasteiger partial charge >= 0.3 is 5.97 Å². The van der Waals surface area contributed by atoms with Crippen LogP contribution in [0.4, 0.5) is 0 Å². The van der Waals surface area contributed by atoms with Gasteiger partial charge in [0.15, 0.2) is 0 Å². The van der Waals surface area contributed by atoms with Gasteiger partial charge in [0.2, 0.25) is 0 Å². The third-order valence-electron chi connectivity index (χ3n) is 4.28. The van der Waals surface area contributed by atoms with Crippen LogP contribution in [0.25, 0.3) is 0 Å². The van der Waals surface area contributed by atoms with Crippen molar-refractivity contribution in [3.8, 4) is 5.75 Å². The number of nitrogens with zero attached hydrogens (tertiary/aromatic N) is 1. The molecular formula is C19H24N2O6. The van der Waals surface area contributed by atoms with Gasteiger partial charge in [0, 0.05) is 18.5 Å². The number of ether oxygens (including phenoxy) is 1. The molecule has 0 unspecified atom stereocenters. The largest absolute Gasteiger partial charge is 0.511 e. The minimum Gasteiger partial charge on any atom is -0.511 e. The monoisotopic (exact) mass is 376 g/mol. The summed E-state index contributed by atoms with van der Waals surface area (Å²) in [6.07, 6.45) is 0.0889. The molecule has 2 amide bonds. The molecule has 0 radical (unpaired) electrons. The van der Waals surface area contributed by atoms with E-state index in [0.717, 1.165) is 11.3 Å². The number of nitrogens with one attached hydrogen (secondary N) is 1. The maximum Gasteiger partial charge on any atom is 0.322 e. The molecule has 1 heterocycles. The number of hydrogen-bond donors (Lipinski definition) is 3. The zero-order valence-corrected chi connectivity index (χ0v) is 15.6. The van der Waals surface area contributed by atoms with Crippen LogP contribution in [0.1, 0.15) is 32.8 Å². The van der Waals surface area contributed by atoms with Crippen LogP contribution in [0.5, 0.6) is 5.75 Å². The average Bonchev–Trinajstić information content (AvgIpc) is 2.58. The first-order valence-electron chi connectivity index (χ1n) is 8.61. The van der Waals surface area contributed by atoms with Crippen molar-refractivity contribution in [3.05, 3.63) is 41.2 Å². The SMILES string of the molecule is CCOc1ccc(CN2C(=O)C(C(=O)NCC(=O)O)=C(O)CC2(C)C)cc1. The number of hydrogen-bond acceptors (Lipinski definition) is 5. The van der Waals surface area contributed by atoms with Gasteiger partial charge in [-0.05, 0) is 38.5 Å². The lowest BCUT2D eigenvalue weighted by Gasteiger charge is -2.42. The molecule has 0 saturated carbocycles. The Morgan fingerprint density at radius 1 is 1.26 bits per heavy atom. The molecule has 1 aromatic rings. The van der Waals surface area contributed by atoms with Crippen molar-refractivity contribution in [1.29, 1.82) is 0 Å². The number of carboxylic acid groups (broad SMARTS) is 1. The van der Waals surface area contributed by atoms with Gasteiger partial charge < -0.3 is 25.2 Å². The highest BCUT2D eigenvalue weighted by Crippen LogP contribution is 2.33. The lowest BCUT2D eigenvalue weighted by Crippen LogP contribution is -2.53. The summed E-state index contributed by atoms with van der Waals surface area (Å²) in [5, 5.41) is 21.0. The zero-order chi connectivity index (χ0) is 20.2. The first kappa shape index (κ1) is 20.3. The third-order valence-corrected chi connectivity index (χ3v) is 4.28. The highest BCUT2D eigenvalue weighted by Gasteiger charge is 2.42. The van der Waals surface area contributed by atoms with Gasteiger partial charge in [0.05, 0.1) is 6.61 Å². The summed E-state index contributed by atoms with van der Waals surface area (Å²) >= 11 is 0.